The van der Waals surface area contributed by atoms with Crippen LogP contribution in [0.2, 0.25) is 0 Å². The lowest BCUT2D eigenvalue weighted by molar-refractivity contribution is 0.124. The second-order valence-corrected chi connectivity index (χ2v) is 5.98. The molecular weight excluding hydrogens is 156 g/mol. The maximum atomic E-state index is 2.43. The van der Waals surface area contributed by atoms with Crippen LogP contribution in [0, 0.1) is 35.5 Å². The van der Waals surface area contributed by atoms with Gasteiger partial charge in [-0.3, -0.25) is 0 Å². The summed E-state index contributed by atoms with van der Waals surface area (Å²) in [6.07, 6.45) is 4.64. The molecule has 2 rings (SSSR count). The number of hydrogen-bond acceptors (Lipinski definition) is 0. The second kappa shape index (κ2) is 3.29. The van der Waals surface area contributed by atoms with Gasteiger partial charge in [-0.25, -0.2) is 0 Å². The van der Waals surface area contributed by atoms with Crippen LogP contribution in [0.1, 0.15) is 47.0 Å². The van der Waals surface area contributed by atoms with Crippen molar-refractivity contribution in [1.29, 1.82) is 0 Å². The first-order chi connectivity index (χ1) is 6.11. The molecule has 0 amide bonds. The first kappa shape index (κ1) is 9.55. The van der Waals surface area contributed by atoms with E-state index < -0.39 is 0 Å². The molecule has 2 saturated carbocycles. The first-order valence-electron chi connectivity index (χ1n) is 6.11. The Balaban J connectivity index is 2.15. The molecule has 2 bridgehead atoms. The third-order valence-electron chi connectivity index (χ3n) is 4.59. The lowest BCUT2D eigenvalue weighted by Gasteiger charge is -2.36. The van der Waals surface area contributed by atoms with Crippen LogP contribution in [0.4, 0.5) is 0 Å². The molecule has 13 heavy (non-hydrogen) atoms. The molecule has 2 fully saturated rings. The third kappa shape index (κ3) is 1.43. The molecule has 0 aromatic heterocycles. The summed E-state index contributed by atoms with van der Waals surface area (Å²) >= 11 is 0. The van der Waals surface area contributed by atoms with Gasteiger partial charge in [0.25, 0.3) is 0 Å². The molecule has 0 spiro atoms. The average Bonchev–Trinajstić information content (AvgIpc) is 2.60. The van der Waals surface area contributed by atoms with E-state index in [4.69, 9.17) is 0 Å². The van der Waals surface area contributed by atoms with Gasteiger partial charge in [0.05, 0.1) is 0 Å². The van der Waals surface area contributed by atoms with Crippen molar-refractivity contribution in [2.24, 2.45) is 35.5 Å². The highest BCUT2D eigenvalue weighted by Gasteiger charge is 2.49. The van der Waals surface area contributed by atoms with Crippen LogP contribution in [-0.4, -0.2) is 0 Å². The van der Waals surface area contributed by atoms with Crippen molar-refractivity contribution in [3.63, 3.8) is 0 Å². The van der Waals surface area contributed by atoms with Crippen molar-refractivity contribution in [1.82, 2.24) is 0 Å². The van der Waals surface area contributed by atoms with Gasteiger partial charge < -0.3 is 0 Å². The fourth-order valence-electron chi connectivity index (χ4n) is 4.36. The van der Waals surface area contributed by atoms with Crippen molar-refractivity contribution in [2.45, 2.75) is 47.0 Å². The minimum absolute atomic E-state index is 0.919. The minimum Gasteiger partial charge on any atom is -0.0625 e. The zero-order valence-electron chi connectivity index (χ0n) is 9.59. The van der Waals surface area contributed by atoms with Gasteiger partial charge in [0.15, 0.2) is 0 Å². The lowest BCUT2D eigenvalue weighted by atomic mass is 9.69. The fourth-order valence-corrected chi connectivity index (χ4v) is 4.36. The van der Waals surface area contributed by atoms with Crippen LogP contribution in [0.15, 0.2) is 0 Å². The quantitative estimate of drug-likeness (QED) is 0.603. The van der Waals surface area contributed by atoms with Crippen molar-refractivity contribution < 1.29 is 0 Å². The Morgan fingerprint density at radius 2 is 1.15 bits per heavy atom. The molecule has 0 aromatic carbocycles. The SMILES string of the molecule is CC(C)[C@H]1C2CCC(C2)[C@@H]1C(C)C. The fraction of sp³-hybridized carbons (Fsp3) is 1.00. The standard InChI is InChI=1S/C13H24/c1-8(2)12-10-5-6-11(7-10)13(12)9(3)4/h8-13H,5-7H2,1-4H3/t10?,11?,12-,13-/m0/s1. The van der Waals surface area contributed by atoms with E-state index in [9.17, 15) is 0 Å². The highest BCUT2D eigenvalue weighted by Crippen LogP contribution is 2.56. The molecule has 0 nitrogen and oxygen atoms in total. The summed E-state index contributed by atoms with van der Waals surface area (Å²) in [6, 6.07) is 0. The van der Waals surface area contributed by atoms with Crippen LogP contribution in [0.25, 0.3) is 0 Å². The van der Waals surface area contributed by atoms with E-state index in [-0.39, 0.29) is 0 Å². The number of rotatable bonds is 2. The van der Waals surface area contributed by atoms with E-state index >= 15 is 0 Å². The summed E-state index contributed by atoms with van der Waals surface area (Å²) in [5.74, 6) is 6.14. The minimum atomic E-state index is 0.919. The van der Waals surface area contributed by atoms with Gasteiger partial charge in [-0.1, -0.05) is 27.7 Å². The molecule has 0 aromatic rings. The Kier molecular flexibility index (Phi) is 2.42. The van der Waals surface area contributed by atoms with Gasteiger partial charge >= 0.3 is 0 Å². The van der Waals surface area contributed by atoms with E-state index in [2.05, 4.69) is 27.7 Å². The highest BCUT2D eigenvalue weighted by atomic mass is 14.5. The number of hydrogen-bond donors (Lipinski definition) is 0. The molecule has 4 atom stereocenters. The maximum absolute atomic E-state index is 2.43. The predicted octanol–water partition coefficient (Wildman–Crippen LogP) is 3.96. The van der Waals surface area contributed by atoms with Crippen LogP contribution in [0.5, 0.6) is 0 Å². The van der Waals surface area contributed by atoms with E-state index in [0.29, 0.717) is 0 Å². The number of fused-ring (bicyclic) bond motifs is 2. The Bertz CT molecular complexity index is 160. The van der Waals surface area contributed by atoms with Crippen LogP contribution in [-0.2, 0) is 0 Å². The Morgan fingerprint density at radius 1 is 0.769 bits per heavy atom. The highest BCUT2D eigenvalue weighted by molar-refractivity contribution is 4.98. The van der Waals surface area contributed by atoms with Gasteiger partial charge in [-0.05, 0) is 54.8 Å². The van der Waals surface area contributed by atoms with E-state index in [1.54, 1.807) is 6.42 Å². The zero-order chi connectivity index (χ0) is 9.59. The van der Waals surface area contributed by atoms with E-state index in [1.807, 2.05) is 0 Å². The normalized spacial score (nSPS) is 43.8. The van der Waals surface area contributed by atoms with Crippen molar-refractivity contribution in [3.05, 3.63) is 0 Å². The molecular formula is C13H24. The molecule has 0 aliphatic heterocycles. The first-order valence-corrected chi connectivity index (χ1v) is 6.11. The van der Waals surface area contributed by atoms with Gasteiger partial charge in [0.2, 0.25) is 0 Å². The molecule has 76 valence electrons. The van der Waals surface area contributed by atoms with E-state index in [1.165, 1.54) is 12.8 Å². The molecule has 0 saturated heterocycles. The zero-order valence-corrected chi connectivity index (χ0v) is 9.59. The van der Waals surface area contributed by atoms with Crippen molar-refractivity contribution in [3.8, 4) is 0 Å². The smallest absolute Gasteiger partial charge is 0.0329 e. The van der Waals surface area contributed by atoms with Crippen LogP contribution < -0.4 is 0 Å². The van der Waals surface area contributed by atoms with Crippen molar-refractivity contribution >= 4 is 0 Å². The maximum Gasteiger partial charge on any atom is -0.0329 e. The molecule has 0 heterocycles. The molecule has 0 heteroatoms. The second-order valence-electron chi connectivity index (χ2n) is 5.98. The summed E-state index contributed by atoms with van der Waals surface area (Å²) < 4.78 is 0. The third-order valence-corrected chi connectivity index (χ3v) is 4.59. The molecule has 2 unspecified atom stereocenters. The largest absolute Gasteiger partial charge is 0.0625 e. The van der Waals surface area contributed by atoms with Crippen molar-refractivity contribution in [2.75, 3.05) is 0 Å². The predicted molar refractivity (Wildman–Crippen MR) is 57.5 cm³/mol. The Labute approximate surface area is 83.1 Å². The monoisotopic (exact) mass is 180 g/mol. The summed E-state index contributed by atoms with van der Waals surface area (Å²) in [7, 11) is 0. The van der Waals surface area contributed by atoms with Gasteiger partial charge in [0, 0.05) is 0 Å². The molecule has 2 aliphatic carbocycles. The van der Waals surface area contributed by atoms with Crippen LogP contribution in [0.3, 0.4) is 0 Å². The summed E-state index contributed by atoms with van der Waals surface area (Å²) in [4.78, 5) is 0. The van der Waals surface area contributed by atoms with Gasteiger partial charge in [-0.2, -0.15) is 0 Å². The average molecular weight is 180 g/mol. The molecule has 2 aliphatic rings. The summed E-state index contributed by atoms with van der Waals surface area (Å²) in [5, 5.41) is 0. The van der Waals surface area contributed by atoms with E-state index in [0.717, 1.165) is 35.5 Å². The lowest BCUT2D eigenvalue weighted by Crippen LogP contribution is -2.30. The topological polar surface area (TPSA) is 0 Å². The summed E-state index contributed by atoms with van der Waals surface area (Å²) in [6.45, 7) is 9.73. The molecule has 0 N–H and O–H groups in total. The van der Waals surface area contributed by atoms with Gasteiger partial charge in [-0.15, -0.1) is 0 Å². The summed E-state index contributed by atoms with van der Waals surface area (Å²) in [5.41, 5.74) is 0. The van der Waals surface area contributed by atoms with Crippen LogP contribution >= 0.6 is 0 Å². The Morgan fingerprint density at radius 3 is 1.46 bits per heavy atom. The molecule has 0 radical (unpaired) electrons. The van der Waals surface area contributed by atoms with Gasteiger partial charge in [0.1, 0.15) is 0 Å². The Hall–Kier alpha value is 0.